The Labute approximate surface area is 118 Å². The van der Waals surface area contributed by atoms with Crippen molar-refractivity contribution in [2.24, 2.45) is 0 Å². The maximum Gasteiger partial charge on any atom is 0.337 e. The molecule has 110 valence electrons. The Kier molecular flexibility index (Phi) is 4.60. The number of carbonyl (C=O) groups is 1. The average Bonchev–Trinajstić information content (AvgIpc) is 2.38. The molecule has 0 bridgehead atoms. The number of hydrogen-bond donors (Lipinski definition) is 1. The van der Waals surface area contributed by atoms with Gasteiger partial charge in [-0.3, -0.25) is 4.79 Å². The Balaban J connectivity index is 2.20. The van der Waals surface area contributed by atoms with E-state index in [2.05, 4.69) is 0 Å². The first kappa shape index (κ1) is 14.8. The summed E-state index contributed by atoms with van der Waals surface area (Å²) >= 11 is 0. The van der Waals surface area contributed by atoms with Crippen molar-refractivity contribution >= 4 is 5.97 Å². The standard InChI is InChI=1S/C15H21NO4/c1-10-9-13(17)16(11(2)14(10)15(18)19)7-6-12-5-3-4-8-20-12/h9,12H,3-8H2,1-2H3,(H,18,19). The molecule has 5 heteroatoms. The van der Waals surface area contributed by atoms with Gasteiger partial charge < -0.3 is 14.4 Å². The molecule has 1 saturated heterocycles. The van der Waals surface area contributed by atoms with Crippen LogP contribution in [0.5, 0.6) is 0 Å². The molecule has 0 radical (unpaired) electrons. The molecule has 1 atom stereocenters. The van der Waals surface area contributed by atoms with E-state index in [4.69, 9.17) is 4.74 Å². The number of pyridine rings is 1. The van der Waals surface area contributed by atoms with Crippen LogP contribution >= 0.6 is 0 Å². The van der Waals surface area contributed by atoms with Crippen LogP contribution in [-0.2, 0) is 11.3 Å². The van der Waals surface area contributed by atoms with Crippen molar-refractivity contribution in [2.75, 3.05) is 6.61 Å². The molecule has 0 aliphatic carbocycles. The largest absolute Gasteiger partial charge is 0.478 e. The lowest BCUT2D eigenvalue weighted by atomic mass is 10.1. The zero-order valence-electron chi connectivity index (χ0n) is 12.0. The van der Waals surface area contributed by atoms with Crippen molar-refractivity contribution in [3.8, 4) is 0 Å². The minimum Gasteiger partial charge on any atom is -0.478 e. The third-order valence-corrected chi connectivity index (χ3v) is 3.93. The number of nitrogens with zero attached hydrogens (tertiary/aromatic N) is 1. The third-order valence-electron chi connectivity index (χ3n) is 3.93. The minimum atomic E-state index is -0.984. The highest BCUT2D eigenvalue weighted by atomic mass is 16.5. The number of carboxylic acids is 1. The molecule has 1 aliphatic heterocycles. The number of aromatic nitrogens is 1. The lowest BCUT2D eigenvalue weighted by molar-refractivity contribution is 0.00858. The summed E-state index contributed by atoms with van der Waals surface area (Å²) in [7, 11) is 0. The van der Waals surface area contributed by atoms with Gasteiger partial charge in [0.2, 0.25) is 0 Å². The highest BCUT2D eigenvalue weighted by Gasteiger charge is 2.18. The highest BCUT2D eigenvalue weighted by molar-refractivity contribution is 5.90. The van der Waals surface area contributed by atoms with Crippen LogP contribution in [-0.4, -0.2) is 28.4 Å². The van der Waals surface area contributed by atoms with E-state index < -0.39 is 5.97 Å². The van der Waals surface area contributed by atoms with Crippen LogP contribution < -0.4 is 5.56 Å². The van der Waals surface area contributed by atoms with Gasteiger partial charge in [-0.2, -0.15) is 0 Å². The molecule has 0 amide bonds. The van der Waals surface area contributed by atoms with Gasteiger partial charge in [-0.1, -0.05) is 0 Å². The maximum atomic E-state index is 12.0. The number of ether oxygens (including phenoxy) is 1. The number of aryl methyl sites for hydroxylation is 1. The predicted octanol–water partition coefficient (Wildman–Crippen LogP) is 2.12. The molecular weight excluding hydrogens is 258 g/mol. The first-order valence-corrected chi connectivity index (χ1v) is 7.06. The molecule has 2 rings (SSSR count). The Bertz CT molecular complexity index is 556. The van der Waals surface area contributed by atoms with Gasteiger partial charge >= 0.3 is 5.97 Å². The van der Waals surface area contributed by atoms with Crippen LogP contribution in [0.25, 0.3) is 0 Å². The number of hydrogen-bond acceptors (Lipinski definition) is 3. The Hall–Kier alpha value is -1.62. The molecular formula is C15H21NO4. The zero-order chi connectivity index (χ0) is 14.7. The van der Waals surface area contributed by atoms with Gasteiger partial charge in [-0.25, -0.2) is 4.79 Å². The molecule has 0 spiro atoms. The average molecular weight is 279 g/mol. The van der Waals surface area contributed by atoms with E-state index in [1.165, 1.54) is 6.07 Å². The van der Waals surface area contributed by atoms with Gasteiger partial charge in [-0.05, 0) is 45.1 Å². The first-order valence-electron chi connectivity index (χ1n) is 7.06. The summed E-state index contributed by atoms with van der Waals surface area (Å²) in [5.74, 6) is -0.984. The number of rotatable bonds is 4. The SMILES string of the molecule is Cc1cc(=O)n(CCC2CCCCO2)c(C)c1C(=O)O. The molecule has 1 aliphatic rings. The lowest BCUT2D eigenvalue weighted by Crippen LogP contribution is -2.28. The molecule has 0 saturated carbocycles. The molecule has 2 heterocycles. The monoisotopic (exact) mass is 279 g/mol. The van der Waals surface area contributed by atoms with Crippen LogP contribution in [0.15, 0.2) is 10.9 Å². The fraction of sp³-hybridized carbons (Fsp3) is 0.600. The van der Waals surface area contributed by atoms with Gasteiger partial charge in [0, 0.05) is 24.9 Å². The molecule has 1 aromatic heterocycles. The van der Waals surface area contributed by atoms with E-state index in [-0.39, 0.29) is 17.2 Å². The lowest BCUT2D eigenvalue weighted by Gasteiger charge is -2.23. The Morgan fingerprint density at radius 1 is 1.45 bits per heavy atom. The third kappa shape index (κ3) is 3.10. The van der Waals surface area contributed by atoms with Crippen molar-refractivity contribution in [1.82, 2.24) is 4.57 Å². The molecule has 20 heavy (non-hydrogen) atoms. The second kappa shape index (κ2) is 6.22. The van der Waals surface area contributed by atoms with Gasteiger partial charge in [0.05, 0.1) is 11.7 Å². The summed E-state index contributed by atoms with van der Waals surface area (Å²) in [4.78, 5) is 23.3. The normalized spacial score (nSPS) is 19.0. The number of carboxylic acid groups (broad SMARTS) is 1. The van der Waals surface area contributed by atoms with Gasteiger partial charge in [0.15, 0.2) is 0 Å². The van der Waals surface area contributed by atoms with Crippen molar-refractivity contribution < 1.29 is 14.6 Å². The maximum absolute atomic E-state index is 12.0. The first-order chi connectivity index (χ1) is 9.50. The van der Waals surface area contributed by atoms with Crippen LogP contribution in [0.1, 0.15) is 47.3 Å². The number of aromatic carboxylic acids is 1. The summed E-state index contributed by atoms with van der Waals surface area (Å²) in [6, 6.07) is 1.40. The minimum absolute atomic E-state index is 0.138. The summed E-state index contributed by atoms with van der Waals surface area (Å²) < 4.78 is 7.20. The van der Waals surface area contributed by atoms with E-state index in [0.29, 0.717) is 17.8 Å². The topological polar surface area (TPSA) is 68.5 Å². The van der Waals surface area contributed by atoms with Crippen molar-refractivity contribution in [2.45, 2.75) is 52.2 Å². The summed E-state index contributed by atoms with van der Waals surface area (Å²) in [6.07, 6.45) is 4.22. The van der Waals surface area contributed by atoms with Crippen LogP contribution in [0.2, 0.25) is 0 Å². The Morgan fingerprint density at radius 2 is 2.20 bits per heavy atom. The summed E-state index contributed by atoms with van der Waals surface area (Å²) in [6.45, 7) is 4.65. The summed E-state index contributed by atoms with van der Waals surface area (Å²) in [5.41, 5.74) is 1.14. The van der Waals surface area contributed by atoms with Gasteiger partial charge in [-0.15, -0.1) is 0 Å². The van der Waals surface area contributed by atoms with Gasteiger partial charge in [0.1, 0.15) is 0 Å². The van der Waals surface area contributed by atoms with E-state index in [9.17, 15) is 14.7 Å². The fourth-order valence-corrected chi connectivity index (χ4v) is 2.83. The zero-order valence-corrected chi connectivity index (χ0v) is 12.0. The molecule has 1 N–H and O–H groups in total. The molecule has 1 aromatic rings. The van der Waals surface area contributed by atoms with Crippen molar-refractivity contribution in [1.29, 1.82) is 0 Å². The van der Waals surface area contributed by atoms with Crippen LogP contribution in [0, 0.1) is 13.8 Å². The van der Waals surface area contributed by atoms with Crippen LogP contribution in [0.4, 0.5) is 0 Å². The second-order valence-electron chi connectivity index (χ2n) is 5.36. The van der Waals surface area contributed by atoms with Crippen molar-refractivity contribution in [3.63, 3.8) is 0 Å². The van der Waals surface area contributed by atoms with Gasteiger partial charge in [0.25, 0.3) is 5.56 Å². The molecule has 1 fully saturated rings. The smallest absolute Gasteiger partial charge is 0.337 e. The van der Waals surface area contributed by atoms with E-state index in [1.807, 2.05) is 0 Å². The second-order valence-corrected chi connectivity index (χ2v) is 5.36. The quantitative estimate of drug-likeness (QED) is 0.916. The Morgan fingerprint density at radius 3 is 2.80 bits per heavy atom. The predicted molar refractivity (Wildman–Crippen MR) is 75.3 cm³/mol. The van der Waals surface area contributed by atoms with E-state index in [0.717, 1.165) is 32.3 Å². The molecule has 1 unspecified atom stereocenters. The van der Waals surface area contributed by atoms with Crippen molar-refractivity contribution in [3.05, 3.63) is 33.2 Å². The summed E-state index contributed by atoms with van der Waals surface area (Å²) in [5, 5.41) is 9.24. The molecule has 5 nitrogen and oxygen atoms in total. The fourth-order valence-electron chi connectivity index (χ4n) is 2.83. The van der Waals surface area contributed by atoms with E-state index >= 15 is 0 Å². The van der Waals surface area contributed by atoms with E-state index in [1.54, 1.807) is 18.4 Å². The molecule has 0 aromatic carbocycles. The van der Waals surface area contributed by atoms with Crippen LogP contribution in [0.3, 0.4) is 0 Å². The highest BCUT2D eigenvalue weighted by Crippen LogP contribution is 2.17.